The molecule has 2 aromatic rings. The Morgan fingerprint density at radius 2 is 1.41 bits per heavy atom. The third-order valence-electron chi connectivity index (χ3n) is 5.75. The summed E-state index contributed by atoms with van der Waals surface area (Å²) in [5.41, 5.74) is 9.23. The second-order valence-corrected chi connectivity index (χ2v) is 9.74. The number of nitrogens with zero attached hydrogens (tertiary/aromatic N) is 4. The quantitative estimate of drug-likeness (QED) is 0.697. The molecule has 2 fully saturated rings. The van der Waals surface area contributed by atoms with Crippen LogP contribution in [0.5, 0.6) is 0 Å². The van der Waals surface area contributed by atoms with E-state index in [0.29, 0.717) is 13.1 Å². The van der Waals surface area contributed by atoms with Crippen molar-refractivity contribution in [3.05, 3.63) is 47.0 Å². The molecule has 0 saturated heterocycles. The fourth-order valence-corrected chi connectivity index (χ4v) is 3.31. The predicted molar refractivity (Wildman–Crippen MR) is 126 cm³/mol. The van der Waals surface area contributed by atoms with Crippen molar-refractivity contribution in [2.75, 3.05) is 13.1 Å². The zero-order chi connectivity index (χ0) is 22.7. The lowest BCUT2D eigenvalue weighted by Gasteiger charge is -2.21. The van der Waals surface area contributed by atoms with Gasteiger partial charge in [0.15, 0.2) is 0 Å². The predicted octanol–water partition coefficient (Wildman–Crippen LogP) is 3.54. The van der Waals surface area contributed by atoms with Gasteiger partial charge in [-0.05, 0) is 84.6 Å². The van der Waals surface area contributed by atoms with E-state index in [1.807, 2.05) is 58.9 Å². The highest BCUT2D eigenvalue weighted by atomic mass is 35.5. The maximum absolute atomic E-state index is 11.6. The van der Waals surface area contributed by atoms with Crippen molar-refractivity contribution in [1.82, 2.24) is 25.7 Å². The van der Waals surface area contributed by atoms with E-state index >= 15 is 0 Å². The number of amides is 1. The van der Waals surface area contributed by atoms with E-state index in [4.69, 9.17) is 10.5 Å². The molecule has 0 aromatic carbocycles. The Labute approximate surface area is 196 Å². The number of nitrogens with two attached hydrogens (primary N) is 1. The molecule has 1 amide bonds. The Morgan fingerprint density at radius 1 is 0.938 bits per heavy atom. The Hall–Kier alpha value is -2.32. The van der Waals surface area contributed by atoms with Crippen molar-refractivity contribution in [2.45, 2.75) is 76.7 Å². The average Bonchev–Trinajstić information content (AvgIpc) is 3.62. The minimum Gasteiger partial charge on any atom is -0.444 e. The van der Waals surface area contributed by atoms with Crippen LogP contribution >= 0.6 is 12.4 Å². The third kappa shape index (κ3) is 6.84. The summed E-state index contributed by atoms with van der Waals surface area (Å²) in [6.07, 6.45) is 4.02. The average molecular weight is 463 g/mol. The first-order chi connectivity index (χ1) is 14.6. The van der Waals surface area contributed by atoms with Gasteiger partial charge in [0.25, 0.3) is 0 Å². The Balaban J connectivity index is 0.000000241. The highest BCUT2D eigenvalue weighted by Crippen LogP contribution is 2.47. The van der Waals surface area contributed by atoms with Crippen molar-refractivity contribution < 1.29 is 9.53 Å². The SMILES string of the molecule is Cc1ccc(C2(CN)CC2)nn1.Cc1ccc(C2(CNC(=O)OC(C)(C)C)CC2)nn1.Cl. The maximum atomic E-state index is 11.6. The van der Waals surface area contributed by atoms with Gasteiger partial charge in [0.05, 0.1) is 22.8 Å². The third-order valence-corrected chi connectivity index (χ3v) is 5.75. The number of hydrogen-bond acceptors (Lipinski definition) is 7. The van der Waals surface area contributed by atoms with E-state index in [9.17, 15) is 4.79 Å². The van der Waals surface area contributed by atoms with Crippen LogP contribution in [0.15, 0.2) is 24.3 Å². The molecule has 4 rings (SSSR count). The fraction of sp³-hybridized carbons (Fsp3) is 0.609. The van der Waals surface area contributed by atoms with Crippen LogP contribution in [0.4, 0.5) is 4.79 Å². The number of carbonyl (C=O) groups excluding carboxylic acids is 1. The molecule has 2 aliphatic rings. The zero-order valence-corrected chi connectivity index (χ0v) is 20.5. The van der Waals surface area contributed by atoms with Gasteiger partial charge in [0.1, 0.15) is 5.60 Å². The molecule has 32 heavy (non-hydrogen) atoms. The van der Waals surface area contributed by atoms with Gasteiger partial charge in [-0.15, -0.1) is 12.4 Å². The molecule has 8 nitrogen and oxygen atoms in total. The number of hydrogen-bond donors (Lipinski definition) is 2. The maximum Gasteiger partial charge on any atom is 0.407 e. The van der Waals surface area contributed by atoms with Crippen molar-refractivity contribution in [1.29, 1.82) is 0 Å². The molecule has 2 aliphatic carbocycles. The molecular formula is C23H35ClN6O2. The highest BCUT2D eigenvalue weighted by Gasteiger charge is 2.46. The smallest absolute Gasteiger partial charge is 0.407 e. The van der Waals surface area contributed by atoms with Gasteiger partial charge in [-0.1, -0.05) is 0 Å². The van der Waals surface area contributed by atoms with E-state index in [2.05, 4.69) is 25.7 Å². The lowest BCUT2D eigenvalue weighted by molar-refractivity contribution is 0.0522. The monoisotopic (exact) mass is 462 g/mol. The van der Waals surface area contributed by atoms with Crippen molar-refractivity contribution in [3.63, 3.8) is 0 Å². The van der Waals surface area contributed by atoms with Crippen LogP contribution < -0.4 is 11.1 Å². The molecule has 9 heteroatoms. The number of ether oxygens (including phenoxy) is 1. The summed E-state index contributed by atoms with van der Waals surface area (Å²) in [5, 5.41) is 19.3. The molecule has 176 valence electrons. The van der Waals surface area contributed by atoms with Gasteiger partial charge in [-0.3, -0.25) is 0 Å². The largest absolute Gasteiger partial charge is 0.444 e. The summed E-state index contributed by atoms with van der Waals surface area (Å²) in [6.45, 7) is 10.7. The van der Waals surface area contributed by atoms with Crippen molar-refractivity contribution in [3.8, 4) is 0 Å². The molecule has 2 saturated carbocycles. The number of alkyl carbamates (subject to hydrolysis) is 1. The number of rotatable bonds is 5. The molecule has 0 unspecified atom stereocenters. The number of nitrogens with one attached hydrogen (secondary N) is 1. The number of carbonyl (C=O) groups is 1. The van der Waals surface area contributed by atoms with Gasteiger partial charge >= 0.3 is 6.09 Å². The van der Waals surface area contributed by atoms with Crippen LogP contribution in [0, 0.1) is 13.8 Å². The minimum atomic E-state index is -0.468. The van der Waals surface area contributed by atoms with E-state index in [0.717, 1.165) is 35.6 Å². The van der Waals surface area contributed by atoms with Gasteiger partial charge in [-0.25, -0.2) is 4.79 Å². The molecule has 0 spiro atoms. The van der Waals surface area contributed by atoms with E-state index in [1.165, 1.54) is 12.8 Å². The molecular weight excluding hydrogens is 428 g/mol. The summed E-state index contributed by atoms with van der Waals surface area (Å²) in [5.74, 6) is 0. The first kappa shape index (κ1) is 25.9. The summed E-state index contributed by atoms with van der Waals surface area (Å²) in [4.78, 5) is 11.6. The molecule has 0 atom stereocenters. The van der Waals surface area contributed by atoms with Gasteiger partial charge in [0.2, 0.25) is 0 Å². The van der Waals surface area contributed by atoms with Crippen molar-refractivity contribution in [2.24, 2.45) is 5.73 Å². The second kappa shape index (κ2) is 10.1. The lowest BCUT2D eigenvalue weighted by atomic mass is 10.0. The molecule has 3 N–H and O–H groups in total. The van der Waals surface area contributed by atoms with Crippen LogP contribution in [-0.4, -0.2) is 45.2 Å². The van der Waals surface area contributed by atoms with Gasteiger partial charge in [-0.2, -0.15) is 20.4 Å². The topological polar surface area (TPSA) is 116 Å². The number of halogens is 1. The van der Waals surface area contributed by atoms with Gasteiger partial charge < -0.3 is 15.8 Å². The first-order valence-electron chi connectivity index (χ1n) is 10.9. The molecule has 0 radical (unpaired) electrons. The summed E-state index contributed by atoms with van der Waals surface area (Å²) < 4.78 is 5.23. The normalized spacial score (nSPS) is 17.2. The Morgan fingerprint density at radius 3 is 1.75 bits per heavy atom. The Kier molecular flexibility index (Phi) is 8.17. The zero-order valence-electron chi connectivity index (χ0n) is 19.6. The van der Waals surface area contributed by atoms with Crippen LogP contribution in [0.25, 0.3) is 0 Å². The van der Waals surface area contributed by atoms with Crippen LogP contribution in [-0.2, 0) is 15.6 Å². The van der Waals surface area contributed by atoms with E-state index < -0.39 is 5.60 Å². The lowest BCUT2D eigenvalue weighted by Crippen LogP contribution is -2.37. The summed E-state index contributed by atoms with van der Waals surface area (Å²) >= 11 is 0. The first-order valence-corrected chi connectivity index (χ1v) is 10.9. The molecule has 2 heterocycles. The highest BCUT2D eigenvalue weighted by molar-refractivity contribution is 5.85. The van der Waals surface area contributed by atoms with E-state index in [-0.39, 0.29) is 29.3 Å². The standard InChI is InChI=1S/C14H21N3O2.C9H13N3.ClH/c1-10-5-6-11(17-16-10)14(7-8-14)9-15-12(18)19-13(2,3)4;1-7-2-3-8(12-11-7)9(6-10)4-5-9;/h5-6H,7-9H2,1-4H3,(H,15,18);2-3H,4-6,10H2,1H3;1H. The number of aromatic nitrogens is 4. The molecule has 0 aliphatic heterocycles. The summed E-state index contributed by atoms with van der Waals surface area (Å²) in [6, 6.07) is 7.99. The Bertz CT molecular complexity index is 888. The van der Waals surface area contributed by atoms with Crippen molar-refractivity contribution >= 4 is 18.5 Å². The number of aryl methyl sites for hydroxylation is 2. The summed E-state index contributed by atoms with van der Waals surface area (Å²) in [7, 11) is 0. The molecule has 0 bridgehead atoms. The van der Waals surface area contributed by atoms with Crippen LogP contribution in [0.2, 0.25) is 0 Å². The molecule has 2 aromatic heterocycles. The van der Waals surface area contributed by atoms with Gasteiger partial charge in [0, 0.05) is 23.9 Å². The second-order valence-electron chi connectivity index (χ2n) is 9.74. The minimum absolute atomic E-state index is 0. The van der Waals surface area contributed by atoms with Crippen LogP contribution in [0.1, 0.15) is 69.2 Å². The fourth-order valence-electron chi connectivity index (χ4n) is 3.31. The van der Waals surface area contributed by atoms with Crippen LogP contribution in [0.3, 0.4) is 0 Å². The van der Waals surface area contributed by atoms with E-state index in [1.54, 1.807) is 0 Å².